The first-order valence-electron chi connectivity index (χ1n) is 7.58. The number of hydrogen-bond donors (Lipinski definition) is 2. The van der Waals surface area contributed by atoms with E-state index in [0.717, 1.165) is 49.7 Å². The van der Waals surface area contributed by atoms with Gasteiger partial charge in [0.15, 0.2) is 5.96 Å². The fraction of sp³-hybridized carbons (Fsp3) is 0.667. The molecule has 0 unspecified atom stereocenters. The van der Waals surface area contributed by atoms with Crippen molar-refractivity contribution in [3.8, 4) is 0 Å². The van der Waals surface area contributed by atoms with E-state index in [0.29, 0.717) is 6.42 Å². The predicted octanol–water partition coefficient (Wildman–Crippen LogP) is 2.51. The van der Waals surface area contributed by atoms with Crippen LogP contribution in [0.15, 0.2) is 11.2 Å². The molecule has 132 valence electrons. The molecule has 0 fully saturated rings. The Labute approximate surface area is 159 Å². The van der Waals surface area contributed by atoms with E-state index in [9.17, 15) is 4.79 Å². The van der Waals surface area contributed by atoms with Crippen molar-refractivity contribution in [2.75, 3.05) is 27.2 Å². The van der Waals surface area contributed by atoms with E-state index in [1.807, 2.05) is 6.20 Å². The van der Waals surface area contributed by atoms with Crippen molar-refractivity contribution in [3.63, 3.8) is 0 Å². The van der Waals surface area contributed by atoms with Crippen LogP contribution < -0.4 is 10.6 Å². The number of thiazole rings is 1. The monoisotopic (exact) mass is 454 g/mol. The molecular formula is C15H27IN4O2S. The second-order valence-corrected chi connectivity index (χ2v) is 6.25. The fourth-order valence-electron chi connectivity index (χ4n) is 1.91. The van der Waals surface area contributed by atoms with Crippen LogP contribution in [0.5, 0.6) is 0 Å². The Bertz CT molecular complexity index is 480. The van der Waals surface area contributed by atoms with Crippen LogP contribution in [0, 0.1) is 6.92 Å². The first-order chi connectivity index (χ1) is 10.7. The molecule has 0 spiro atoms. The minimum Gasteiger partial charge on any atom is -0.469 e. The smallest absolute Gasteiger partial charge is 0.305 e. The van der Waals surface area contributed by atoms with Crippen LogP contribution in [0.4, 0.5) is 0 Å². The molecule has 1 heterocycles. The van der Waals surface area contributed by atoms with Gasteiger partial charge in [-0.2, -0.15) is 0 Å². The molecule has 0 saturated heterocycles. The van der Waals surface area contributed by atoms with Gasteiger partial charge < -0.3 is 15.4 Å². The maximum Gasteiger partial charge on any atom is 0.305 e. The Morgan fingerprint density at radius 2 is 2.04 bits per heavy atom. The van der Waals surface area contributed by atoms with E-state index in [-0.39, 0.29) is 29.9 Å². The zero-order chi connectivity index (χ0) is 16.2. The number of nitrogens with one attached hydrogen (secondary N) is 2. The zero-order valence-electron chi connectivity index (χ0n) is 14.1. The standard InChI is InChI=1S/C15H26N4O2S.HI/c1-12-11-19-13(22-12)8-10-18-15(16-2)17-9-6-4-5-7-14(20)21-3;/h11H,4-10H2,1-3H3,(H2,16,17,18);1H. The number of guanidine groups is 1. The molecule has 0 saturated carbocycles. The molecule has 6 nitrogen and oxygen atoms in total. The lowest BCUT2D eigenvalue weighted by Gasteiger charge is -2.11. The highest BCUT2D eigenvalue weighted by molar-refractivity contribution is 14.0. The number of hydrogen-bond acceptors (Lipinski definition) is 5. The molecule has 0 bridgehead atoms. The molecule has 0 aliphatic rings. The molecule has 0 aliphatic heterocycles. The van der Waals surface area contributed by atoms with Crippen molar-refractivity contribution in [2.45, 2.75) is 39.0 Å². The van der Waals surface area contributed by atoms with Crippen LogP contribution in [0.1, 0.15) is 35.6 Å². The third-order valence-electron chi connectivity index (χ3n) is 3.10. The molecule has 8 heteroatoms. The average Bonchev–Trinajstić information content (AvgIpc) is 2.93. The minimum absolute atomic E-state index is 0. The molecule has 1 aromatic heterocycles. The Kier molecular flexibility index (Phi) is 13.0. The molecule has 1 aromatic rings. The summed E-state index contributed by atoms with van der Waals surface area (Å²) in [5, 5.41) is 7.69. The van der Waals surface area contributed by atoms with Gasteiger partial charge >= 0.3 is 5.97 Å². The Morgan fingerprint density at radius 3 is 2.65 bits per heavy atom. The number of esters is 1. The molecule has 0 amide bonds. The van der Waals surface area contributed by atoms with Gasteiger partial charge in [-0.25, -0.2) is 4.98 Å². The molecule has 23 heavy (non-hydrogen) atoms. The van der Waals surface area contributed by atoms with Gasteiger partial charge in [0.05, 0.1) is 12.1 Å². The first-order valence-corrected chi connectivity index (χ1v) is 8.40. The van der Waals surface area contributed by atoms with Gasteiger partial charge in [-0.3, -0.25) is 9.79 Å². The average molecular weight is 454 g/mol. The summed E-state index contributed by atoms with van der Waals surface area (Å²) < 4.78 is 4.61. The number of carbonyl (C=O) groups is 1. The Morgan fingerprint density at radius 1 is 1.30 bits per heavy atom. The van der Waals surface area contributed by atoms with Gasteiger partial charge in [0.1, 0.15) is 0 Å². The van der Waals surface area contributed by atoms with E-state index in [1.165, 1.54) is 12.0 Å². The second-order valence-electron chi connectivity index (χ2n) is 4.93. The predicted molar refractivity (Wildman–Crippen MR) is 106 cm³/mol. The van der Waals surface area contributed by atoms with Gasteiger partial charge in [-0.15, -0.1) is 35.3 Å². The maximum atomic E-state index is 11.0. The quantitative estimate of drug-likeness (QED) is 0.197. The summed E-state index contributed by atoms with van der Waals surface area (Å²) in [4.78, 5) is 20.7. The van der Waals surface area contributed by atoms with Crippen molar-refractivity contribution >= 4 is 47.2 Å². The molecule has 2 N–H and O–H groups in total. The summed E-state index contributed by atoms with van der Waals surface area (Å²) in [6.45, 7) is 3.72. The molecule has 0 aliphatic carbocycles. The summed E-state index contributed by atoms with van der Waals surface area (Å²) >= 11 is 1.73. The van der Waals surface area contributed by atoms with Crippen LogP contribution in [-0.2, 0) is 16.0 Å². The van der Waals surface area contributed by atoms with Crippen molar-refractivity contribution < 1.29 is 9.53 Å². The van der Waals surface area contributed by atoms with Crippen molar-refractivity contribution in [2.24, 2.45) is 4.99 Å². The lowest BCUT2D eigenvalue weighted by molar-refractivity contribution is -0.140. The summed E-state index contributed by atoms with van der Waals surface area (Å²) in [7, 11) is 3.19. The fourth-order valence-corrected chi connectivity index (χ4v) is 2.69. The number of carbonyl (C=O) groups excluding carboxylic acids is 1. The third-order valence-corrected chi connectivity index (χ3v) is 4.07. The Balaban J connectivity index is 0.00000484. The van der Waals surface area contributed by atoms with Crippen LogP contribution >= 0.6 is 35.3 Å². The number of ether oxygens (including phenoxy) is 1. The van der Waals surface area contributed by atoms with Crippen LogP contribution in [-0.4, -0.2) is 44.2 Å². The lowest BCUT2D eigenvalue weighted by atomic mass is 10.2. The zero-order valence-corrected chi connectivity index (χ0v) is 17.2. The number of rotatable bonds is 9. The lowest BCUT2D eigenvalue weighted by Crippen LogP contribution is -2.38. The largest absolute Gasteiger partial charge is 0.469 e. The molecule has 0 atom stereocenters. The van der Waals surface area contributed by atoms with Gasteiger partial charge in [0.2, 0.25) is 0 Å². The van der Waals surface area contributed by atoms with E-state index >= 15 is 0 Å². The number of aliphatic imine (C=N–C) groups is 1. The van der Waals surface area contributed by atoms with Crippen molar-refractivity contribution in [3.05, 3.63) is 16.1 Å². The first kappa shape index (κ1) is 22.1. The molecule has 1 rings (SSSR count). The van der Waals surface area contributed by atoms with Gasteiger partial charge in [0, 0.05) is 44.1 Å². The highest BCUT2D eigenvalue weighted by atomic mass is 127. The van der Waals surface area contributed by atoms with Crippen LogP contribution in [0.25, 0.3) is 0 Å². The second kappa shape index (κ2) is 13.5. The van der Waals surface area contributed by atoms with Crippen molar-refractivity contribution in [1.82, 2.24) is 15.6 Å². The minimum atomic E-state index is -0.136. The van der Waals surface area contributed by atoms with Crippen LogP contribution in [0.2, 0.25) is 0 Å². The van der Waals surface area contributed by atoms with Crippen molar-refractivity contribution in [1.29, 1.82) is 0 Å². The summed E-state index contributed by atoms with van der Waals surface area (Å²) in [5.41, 5.74) is 0. The summed E-state index contributed by atoms with van der Waals surface area (Å²) in [5.74, 6) is 0.670. The van der Waals surface area contributed by atoms with Crippen LogP contribution in [0.3, 0.4) is 0 Å². The maximum absolute atomic E-state index is 11.0. The van der Waals surface area contributed by atoms with E-state index in [4.69, 9.17) is 0 Å². The van der Waals surface area contributed by atoms with E-state index in [1.54, 1.807) is 18.4 Å². The highest BCUT2D eigenvalue weighted by Crippen LogP contribution is 2.10. The highest BCUT2D eigenvalue weighted by Gasteiger charge is 2.02. The third kappa shape index (κ3) is 10.5. The Hall–Kier alpha value is -0.900. The molecule has 0 radical (unpaired) electrons. The normalized spacial score (nSPS) is 10.8. The number of aryl methyl sites for hydroxylation is 1. The SMILES string of the molecule is CN=C(NCCCCCC(=O)OC)NCCc1ncc(C)s1.I. The van der Waals surface area contributed by atoms with Gasteiger partial charge in [-0.05, 0) is 19.8 Å². The number of nitrogens with zero attached hydrogens (tertiary/aromatic N) is 2. The number of methoxy groups -OCH3 is 1. The van der Waals surface area contributed by atoms with E-state index < -0.39 is 0 Å². The van der Waals surface area contributed by atoms with E-state index in [2.05, 4.69) is 32.3 Å². The number of halogens is 1. The number of aromatic nitrogens is 1. The molecule has 0 aromatic carbocycles. The topological polar surface area (TPSA) is 75.6 Å². The summed E-state index contributed by atoms with van der Waals surface area (Å²) in [6.07, 6.45) is 6.17. The molecular weight excluding hydrogens is 427 g/mol. The summed E-state index contributed by atoms with van der Waals surface area (Å²) in [6, 6.07) is 0. The number of unbranched alkanes of at least 4 members (excludes halogenated alkanes) is 2. The van der Waals surface area contributed by atoms with Gasteiger partial charge in [0.25, 0.3) is 0 Å². The van der Waals surface area contributed by atoms with Gasteiger partial charge in [-0.1, -0.05) is 6.42 Å².